The van der Waals surface area contributed by atoms with E-state index in [0.29, 0.717) is 6.42 Å². The monoisotopic (exact) mass is 1350 g/mol. The molecule has 3 rings (SSSR count). The number of hydrogen-bond donors (Lipinski definition) is 12. The zero-order chi connectivity index (χ0) is 68.2. The molecular weight excluding hydrogens is 1200 g/mol. The van der Waals surface area contributed by atoms with Crippen LogP contribution in [0, 0.1) is 0 Å². The highest BCUT2D eigenvalue weighted by Crippen LogP contribution is 2.33. The van der Waals surface area contributed by atoms with Gasteiger partial charge >= 0.3 is 0 Å². The number of nitrogens with one attached hydrogen (secondary N) is 1. The maximum absolute atomic E-state index is 13.4. The molecule has 3 fully saturated rings. The minimum atomic E-state index is -1.98. The number of carbonyl (C=O) groups is 1. The predicted molar refractivity (Wildman–Crippen MR) is 370 cm³/mol. The molecule has 3 aliphatic heterocycles. The van der Waals surface area contributed by atoms with Gasteiger partial charge in [0.2, 0.25) is 5.91 Å². The molecule has 0 aromatic carbocycles. The molecule has 0 spiro atoms. The van der Waals surface area contributed by atoms with Crippen LogP contribution in [0.4, 0.5) is 0 Å². The van der Waals surface area contributed by atoms with E-state index in [1.54, 1.807) is 6.08 Å². The molecule has 3 heterocycles. The third-order valence-electron chi connectivity index (χ3n) is 19.8. The highest BCUT2D eigenvalue weighted by atomic mass is 16.8. The van der Waals surface area contributed by atoms with Crippen molar-refractivity contribution in [1.29, 1.82) is 0 Å². The van der Waals surface area contributed by atoms with Crippen molar-refractivity contribution in [2.75, 3.05) is 26.4 Å². The lowest BCUT2D eigenvalue weighted by atomic mass is 9.96. The second-order valence-electron chi connectivity index (χ2n) is 28.2. The number of amides is 1. The smallest absolute Gasteiger partial charge is 0.220 e. The van der Waals surface area contributed by atoms with Crippen molar-refractivity contribution in [3.05, 3.63) is 12.2 Å². The van der Waals surface area contributed by atoms with Gasteiger partial charge in [-0.05, 0) is 19.3 Å². The predicted octanol–water partition coefficient (Wildman–Crippen LogP) is 12.0. The highest BCUT2D eigenvalue weighted by molar-refractivity contribution is 5.76. The Balaban J connectivity index is 1.31. The number of allylic oxidation sites excluding steroid dienone is 1. The van der Waals surface area contributed by atoms with Gasteiger partial charge in [-0.25, -0.2) is 0 Å². The Labute approximate surface area is 569 Å². The molecule has 1 amide bonds. The summed E-state index contributed by atoms with van der Waals surface area (Å²) in [5.41, 5.74) is 0. The molecule has 3 aliphatic rings. The molecular formula is C75H143NO18. The average Bonchev–Trinajstić information content (AvgIpc) is 0.787. The topological polar surface area (TPSA) is 307 Å². The first-order valence-electron chi connectivity index (χ1n) is 38.9. The van der Waals surface area contributed by atoms with Gasteiger partial charge in [0.1, 0.15) is 73.2 Å². The number of aliphatic hydroxyl groups is 11. The van der Waals surface area contributed by atoms with Crippen molar-refractivity contribution in [2.24, 2.45) is 0 Å². The summed E-state index contributed by atoms with van der Waals surface area (Å²) in [5.74, 6) is -0.268. The lowest BCUT2D eigenvalue weighted by Gasteiger charge is -2.48. The van der Waals surface area contributed by atoms with E-state index in [1.165, 1.54) is 257 Å². The number of ether oxygens (including phenoxy) is 6. The number of unbranched alkanes of at least 4 members (excludes halogenated alkanes) is 46. The zero-order valence-corrected chi connectivity index (χ0v) is 59.2. The van der Waals surface area contributed by atoms with Gasteiger partial charge in [-0.2, -0.15) is 0 Å². The van der Waals surface area contributed by atoms with Crippen LogP contribution in [0.5, 0.6) is 0 Å². The molecule has 0 aromatic rings. The van der Waals surface area contributed by atoms with Gasteiger partial charge in [0.15, 0.2) is 18.9 Å². The van der Waals surface area contributed by atoms with Gasteiger partial charge in [-0.15, -0.1) is 0 Å². The Hall–Kier alpha value is -1.47. The Morgan fingerprint density at radius 2 is 0.660 bits per heavy atom. The van der Waals surface area contributed by atoms with Crippen LogP contribution in [-0.4, -0.2) is 193 Å². The van der Waals surface area contributed by atoms with Crippen LogP contribution in [0.3, 0.4) is 0 Å². The largest absolute Gasteiger partial charge is 0.394 e. The normalized spacial score (nSPS) is 27.4. The number of rotatable bonds is 62. The van der Waals surface area contributed by atoms with E-state index in [2.05, 4.69) is 19.2 Å². The summed E-state index contributed by atoms with van der Waals surface area (Å²) >= 11 is 0. The third-order valence-corrected chi connectivity index (χ3v) is 19.8. The Morgan fingerprint density at radius 1 is 0.372 bits per heavy atom. The fourth-order valence-corrected chi connectivity index (χ4v) is 13.5. The van der Waals surface area contributed by atoms with Gasteiger partial charge in [-0.3, -0.25) is 4.79 Å². The van der Waals surface area contributed by atoms with Crippen LogP contribution < -0.4 is 5.32 Å². The van der Waals surface area contributed by atoms with E-state index in [-0.39, 0.29) is 18.9 Å². The van der Waals surface area contributed by atoms with Gasteiger partial charge in [-0.1, -0.05) is 315 Å². The minimum absolute atomic E-state index is 0.250. The summed E-state index contributed by atoms with van der Waals surface area (Å²) in [4.78, 5) is 13.4. The summed E-state index contributed by atoms with van der Waals surface area (Å²) in [6.07, 6.45) is 39.4. The first-order valence-corrected chi connectivity index (χ1v) is 38.9. The van der Waals surface area contributed by atoms with Crippen LogP contribution in [0.1, 0.15) is 328 Å². The number of aliphatic hydroxyl groups excluding tert-OH is 11. The second-order valence-corrected chi connectivity index (χ2v) is 28.2. The van der Waals surface area contributed by atoms with Crippen LogP contribution in [0.25, 0.3) is 0 Å². The van der Waals surface area contributed by atoms with E-state index in [9.17, 15) is 61.0 Å². The average molecular weight is 1350 g/mol. The molecule has 0 saturated carbocycles. The number of hydrogen-bond acceptors (Lipinski definition) is 18. The van der Waals surface area contributed by atoms with E-state index < -0.39 is 124 Å². The van der Waals surface area contributed by atoms with Gasteiger partial charge in [0, 0.05) is 6.42 Å². The van der Waals surface area contributed by atoms with Crippen LogP contribution in [0.2, 0.25) is 0 Å². The fourth-order valence-electron chi connectivity index (χ4n) is 13.5. The second kappa shape index (κ2) is 57.2. The van der Waals surface area contributed by atoms with Gasteiger partial charge < -0.3 is 89.9 Å². The van der Waals surface area contributed by atoms with Crippen LogP contribution in [0.15, 0.2) is 12.2 Å². The highest BCUT2D eigenvalue weighted by Gasteiger charge is 2.53. The lowest BCUT2D eigenvalue weighted by molar-refractivity contribution is -0.379. The first-order chi connectivity index (χ1) is 45.8. The van der Waals surface area contributed by atoms with Crippen molar-refractivity contribution in [1.82, 2.24) is 5.32 Å². The Kier molecular flexibility index (Phi) is 52.8. The molecule has 94 heavy (non-hydrogen) atoms. The van der Waals surface area contributed by atoms with E-state index in [4.69, 9.17) is 28.4 Å². The molecule has 0 aliphatic carbocycles. The van der Waals surface area contributed by atoms with E-state index in [1.807, 2.05) is 6.08 Å². The summed E-state index contributed by atoms with van der Waals surface area (Å²) in [5, 5.41) is 121. The first kappa shape index (κ1) is 86.8. The van der Waals surface area contributed by atoms with E-state index >= 15 is 0 Å². The van der Waals surface area contributed by atoms with Gasteiger partial charge in [0.25, 0.3) is 0 Å². The summed E-state index contributed by atoms with van der Waals surface area (Å²) in [6.45, 7) is 1.77. The molecule has 19 nitrogen and oxygen atoms in total. The Morgan fingerprint density at radius 3 is 1.00 bits per heavy atom. The third kappa shape index (κ3) is 37.8. The molecule has 556 valence electrons. The minimum Gasteiger partial charge on any atom is -0.394 e. The quantitative estimate of drug-likeness (QED) is 0.0199. The zero-order valence-electron chi connectivity index (χ0n) is 59.2. The van der Waals surface area contributed by atoms with Crippen LogP contribution in [-0.2, 0) is 33.2 Å². The fraction of sp³-hybridized carbons (Fsp3) is 0.960. The maximum atomic E-state index is 13.4. The molecule has 0 aromatic heterocycles. The van der Waals surface area contributed by atoms with Gasteiger partial charge in [0.05, 0.1) is 38.6 Å². The van der Waals surface area contributed by atoms with Crippen molar-refractivity contribution >= 4 is 5.91 Å². The molecule has 0 bridgehead atoms. The molecule has 12 N–H and O–H groups in total. The van der Waals surface area contributed by atoms with Crippen molar-refractivity contribution in [3.8, 4) is 0 Å². The molecule has 17 unspecified atom stereocenters. The number of carbonyl (C=O) groups excluding carboxylic acids is 1. The summed E-state index contributed by atoms with van der Waals surface area (Å²) in [7, 11) is 0. The van der Waals surface area contributed by atoms with E-state index in [0.717, 1.165) is 44.9 Å². The Bertz CT molecular complexity index is 1750. The van der Waals surface area contributed by atoms with Crippen molar-refractivity contribution in [3.63, 3.8) is 0 Å². The molecule has 3 saturated heterocycles. The molecule has 17 atom stereocenters. The standard InChI is InChI=1S/C75H143NO18/c1-3-5-7-9-11-13-15-17-19-20-21-22-23-24-25-26-27-28-29-30-31-32-33-34-35-36-37-38-39-41-43-45-47-49-51-53-63(81)76-58(59(80)52-50-48-46-44-42-40-18-16-14-12-10-8-6-4-2)57-89-73-69(87)66(84)71(61(55-78)91-73)94-75-70(88)67(85)72(62(56-79)92-75)93-74-68(86)65(83)64(82)60(54-77)90-74/h50,52,58-62,64-75,77-80,82-88H,3-49,51,53-57H2,1-2H3,(H,76,81)/b52-50+. The summed E-state index contributed by atoms with van der Waals surface area (Å²) in [6, 6.07) is -0.968. The molecule has 0 radical (unpaired) electrons. The molecule has 19 heteroatoms. The maximum Gasteiger partial charge on any atom is 0.220 e. The SMILES string of the molecule is CCCCCCCCCCCCCC/C=C/C(O)C(COC1OC(CO)C(OC2OC(CO)C(OC3OC(CO)C(O)C(O)C3O)C(O)C2O)C(O)C1O)NC(=O)CCCCCCCCCCCCCCCCCCCCCCCCCCCCCCCCCCCCC. The van der Waals surface area contributed by atoms with Crippen molar-refractivity contribution < 1.29 is 89.4 Å². The summed E-state index contributed by atoms with van der Waals surface area (Å²) < 4.78 is 34.4. The lowest BCUT2D eigenvalue weighted by Crippen LogP contribution is -2.66. The van der Waals surface area contributed by atoms with Crippen molar-refractivity contribution in [2.45, 2.75) is 433 Å². The van der Waals surface area contributed by atoms with Crippen LogP contribution >= 0.6 is 0 Å².